The molecule has 2 heteroatoms. The minimum atomic E-state index is -0.413. The maximum absolute atomic E-state index is 11.5. The normalized spacial score (nSPS) is 23.1. The molecular weight excluding hydrogens is 224 g/mol. The van der Waals surface area contributed by atoms with Crippen LogP contribution in [0.15, 0.2) is 42.5 Å². The lowest BCUT2D eigenvalue weighted by Crippen LogP contribution is -2.22. The number of allylic oxidation sites excluding steroid dienone is 1. The highest BCUT2D eigenvalue weighted by atomic mass is 16.6. The van der Waals surface area contributed by atoms with Gasteiger partial charge in [-0.3, -0.25) is 0 Å². The molecule has 1 aliphatic carbocycles. The lowest BCUT2D eigenvalue weighted by molar-refractivity contribution is -0.148. The van der Waals surface area contributed by atoms with E-state index in [-0.39, 0.29) is 5.97 Å². The molecule has 1 aliphatic rings. The summed E-state index contributed by atoms with van der Waals surface area (Å²) < 4.78 is 5.23. The van der Waals surface area contributed by atoms with E-state index < -0.39 is 5.60 Å². The highest BCUT2D eigenvalue weighted by molar-refractivity contribution is 5.82. The number of benzene rings is 1. The molecule has 2 nitrogen and oxygen atoms in total. The van der Waals surface area contributed by atoms with Gasteiger partial charge in [0.05, 0.1) is 0 Å². The van der Waals surface area contributed by atoms with Crippen LogP contribution in [0, 0.1) is 5.92 Å². The van der Waals surface area contributed by atoms with E-state index in [4.69, 9.17) is 4.74 Å². The molecule has 2 atom stereocenters. The number of carbonyl (C=O) groups is 1. The van der Waals surface area contributed by atoms with Crippen molar-refractivity contribution in [2.75, 3.05) is 0 Å². The second-order valence-electron chi connectivity index (χ2n) is 5.81. The zero-order chi connectivity index (χ0) is 13.2. The van der Waals surface area contributed by atoms with Crippen molar-refractivity contribution in [2.45, 2.75) is 38.7 Å². The topological polar surface area (TPSA) is 26.3 Å². The third-order valence-corrected chi connectivity index (χ3v) is 2.95. The Hall–Kier alpha value is -1.57. The summed E-state index contributed by atoms with van der Waals surface area (Å²) in [7, 11) is 0. The Balaban J connectivity index is 1.85. The van der Waals surface area contributed by atoms with E-state index >= 15 is 0 Å². The van der Waals surface area contributed by atoms with Gasteiger partial charge in [0, 0.05) is 6.08 Å². The second kappa shape index (κ2) is 4.97. The largest absolute Gasteiger partial charge is 0.457 e. The quantitative estimate of drug-likeness (QED) is 0.599. The summed E-state index contributed by atoms with van der Waals surface area (Å²) >= 11 is 0. The monoisotopic (exact) mass is 244 g/mol. The van der Waals surface area contributed by atoms with Gasteiger partial charge in [-0.15, -0.1) is 0 Å². The van der Waals surface area contributed by atoms with E-state index in [0.29, 0.717) is 11.8 Å². The van der Waals surface area contributed by atoms with E-state index in [1.54, 1.807) is 6.08 Å². The molecule has 2 rings (SSSR count). The molecular formula is C16H20O2. The fourth-order valence-electron chi connectivity index (χ4n) is 2.05. The number of ether oxygens (including phenoxy) is 1. The minimum absolute atomic E-state index is 0.249. The van der Waals surface area contributed by atoms with Crippen LogP contribution in [0.4, 0.5) is 0 Å². The van der Waals surface area contributed by atoms with Crippen molar-refractivity contribution in [1.29, 1.82) is 0 Å². The first-order valence-corrected chi connectivity index (χ1v) is 6.42. The predicted molar refractivity (Wildman–Crippen MR) is 72.3 cm³/mol. The first kappa shape index (κ1) is 12.9. The SMILES string of the molecule is CC(C)(C)OC(=O)/C=C/[C@H]1C[C@@H]1c1ccccc1. The fourth-order valence-corrected chi connectivity index (χ4v) is 2.05. The average molecular weight is 244 g/mol. The second-order valence-corrected chi connectivity index (χ2v) is 5.81. The summed E-state index contributed by atoms with van der Waals surface area (Å²) in [5, 5.41) is 0. The van der Waals surface area contributed by atoms with Crippen LogP contribution in [0.1, 0.15) is 38.7 Å². The molecule has 1 aromatic carbocycles. The number of hydrogen-bond acceptors (Lipinski definition) is 2. The van der Waals surface area contributed by atoms with Crippen LogP contribution in [-0.2, 0) is 9.53 Å². The van der Waals surface area contributed by atoms with Gasteiger partial charge >= 0.3 is 5.97 Å². The highest BCUT2D eigenvalue weighted by Gasteiger charge is 2.36. The first-order chi connectivity index (χ1) is 8.46. The summed E-state index contributed by atoms with van der Waals surface area (Å²) in [4.78, 5) is 11.5. The average Bonchev–Trinajstić information content (AvgIpc) is 3.05. The van der Waals surface area contributed by atoms with Gasteiger partial charge in [0.25, 0.3) is 0 Å². The van der Waals surface area contributed by atoms with E-state index in [1.807, 2.05) is 32.9 Å². The van der Waals surface area contributed by atoms with Crippen molar-refractivity contribution >= 4 is 5.97 Å². The summed E-state index contributed by atoms with van der Waals surface area (Å²) in [6.07, 6.45) is 4.67. The molecule has 0 aromatic heterocycles. The van der Waals surface area contributed by atoms with Crippen molar-refractivity contribution in [2.24, 2.45) is 5.92 Å². The Morgan fingerprint density at radius 2 is 1.94 bits per heavy atom. The van der Waals surface area contributed by atoms with Crippen LogP contribution in [-0.4, -0.2) is 11.6 Å². The van der Waals surface area contributed by atoms with Gasteiger partial charge in [0.1, 0.15) is 5.60 Å². The maximum Gasteiger partial charge on any atom is 0.330 e. The van der Waals surface area contributed by atoms with Gasteiger partial charge < -0.3 is 4.74 Å². The van der Waals surface area contributed by atoms with Gasteiger partial charge in [-0.05, 0) is 44.6 Å². The molecule has 0 unspecified atom stereocenters. The first-order valence-electron chi connectivity index (χ1n) is 6.42. The van der Waals surface area contributed by atoms with Crippen molar-refractivity contribution < 1.29 is 9.53 Å². The zero-order valence-electron chi connectivity index (χ0n) is 11.2. The Kier molecular flexibility index (Phi) is 3.55. The van der Waals surface area contributed by atoms with Crippen molar-refractivity contribution in [3.8, 4) is 0 Å². The third-order valence-electron chi connectivity index (χ3n) is 2.95. The summed E-state index contributed by atoms with van der Waals surface area (Å²) in [5.41, 5.74) is 0.945. The van der Waals surface area contributed by atoms with Crippen LogP contribution in [0.2, 0.25) is 0 Å². The number of rotatable bonds is 3. The molecule has 18 heavy (non-hydrogen) atoms. The van der Waals surface area contributed by atoms with Crippen LogP contribution < -0.4 is 0 Å². The lowest BCUT2D eigenvalue weighted by atomic mass is 10.1. The van der Waals surface area contributed by atoms with E-state index in [1.165, 1.54) is 5.56 Å². The highest BCUT2D eigenvalue weighted by Crippen LogP contribution is 2.48. The zero-order valence-corrected chi connectivity index (χ0v) is 11.2. The van der Waals surface area contributed by atoms with Crippen LogP contribution in [0.3, 0.4) is 0 Å². The van der Waals surface area contributed by atoms with Gasteiger partial charge in [-0.1, -0.05) is 36.4 Å². The molecule has 0 N–H and O–H groups in total. The molecule has 96 valence electrons. The third kappa shape index (κ3) is 3.73. The van der Waals surface area contributed by atoms with Crippen LogP contribution in [0.5, 0.6) is 0 Å². The van der Waals surface area contributed by atoms with Crippen molar-refractivity contribution in [1.82, 2.24) is 0 Å². The summed E-state index contributed by atoms with van der Waals surface area (Å²) in [6.45, 7) is 5.63. The van der Waals surface area contributed by atoms with Gasteiger partial charge in [0.2, 0.25) is 0 Å². The van der Waals surface area contributed by atoms with Gasteiger partial charge in [-0.2, -0.15) is 0 Å². The molecule has 0 bridgehead atoms. The molecule has 0 radical (unpaired) electrons. The minimum Gasteiger partial charge on any atom is -0.457 e. The molecule has 1 aromatic rings. The maximum atomic E-state index is 11.5. The Morgan fingerprint density at radius 3 is 2.56 bits per heavy atom. The van der Waals surface area contributed by atoms with E-state index in [9.17, 15) is 4.79 Å². The summed E-state index contributed by atoms with van der Waals surface area (Å²) in [6, 6.07) is 10.4. The Labute approximate surface area is 109 Å². The van der Waals surface area contributed by atoms with Crippen LogP contribution in [0.25, 0.3) is 0 Å². The van der Waals surface area contributed by atoms with Crippen LogP contribution >= 0.6 is 0 Å². The standard InChI is InChI=1S/C16H20O2/c1-16(2,3)18-15(17)10-9-13-11-14(13)12-7-5-4-6-8-12/h4-10,13-14H,11H2,1-3H3/b10-9+/t13-,14+/m0/s1. The number of hydrogen-bond donors (Lipinski definition) is 0. The molecule has 0 saturated heterocycles. The Bertz CT molecular complexity index is 440. The Morgan fingerprint density at radius 1 is 1.28 bits per heavy atom. The van der Waals surface area contributed by atoms with Gasteiger partial charge in [-0.25, -0.2) is 4.79 Å². The van der Waals surface area contributed by atoms with Crippen molar-refractivity contribution in [3.63, 3.8) is 0 Å². The predicted octanol–water partition coefficient (Wildman–Crippen LogP) is 3.69. The molecule has 1 saturated carbocycles. The smallest absolute Gasteiger partial charge is 0.330 e. The lowest BCUT2D eigenvalue weighted by Gasteiger charge is -2.17. The van der Waals surface area contributed by atoms with E-state index in [2.05, 4.69) is 24.3 Å². The molecule has 0 spiro atoms. The van der Waals surface area contributed by atoms with E-state index in [0.717, 1.165) is 6.42 Å². The van der Waals surface area contributed by atoms with Gasteiger partial charge in [0.15, 0.2) is 0 Å². The molecule has 0 heterocycles. The fraction of sp³-hybridized carbons (Fsp3) is 0.438. The molecule has 0 aliphatic heterocycles. The molecule has 1 fully saturated rings. The summed E-state index contributed by atoms with van der Waals surface area (Å²) in [5.74, 6) is 0.811. The number of esters is 1. The molecule has 0 amide bonds. The van der Waals surface area contributed by atoms with Crippen molar-refractivity contribution in [3.05, 3.63) is 48.0 Å². The number of carbonyl (C=O) groups excluding carboxylic acids is 1.